The topological polar surface area (TPSA) is 12.0 Å². The summed E-state index contributed by atoms with van der Waals surface area (Å²) in [4.78, 5) is 0. The number of benzene rings is 1. The van der Waals surface area contributed by atoms with Crippen molar-refractivity contribution in [2.24, 2.45) is 0 Å². The maximum atomic E-state index is 12.9. The predicted octanol–water partition coefficient (Wildman–Crippen LogP) is 2.93. The zero-order valence-electron chi connectivity index (χ0n) is 7.84. The van der Waals surface area contributed by atoms with Gasteiger partial charge in [-0.3, -0.25) is 0 Å². The lowest BCUT2D eigenvalue weighted by atomic mass is 9.90. The number of alkyl halides is 1. The highest BCUT2D eigenvalue weighted by Gasteiger charge is 2.29. The van der Waals surface area contributed by atoms with Gasteiger partial charge in [-0.05, 0) is 30.5 Å². The molecule has 1 aromatic rings. The summed E-state index contributed by atoms with van der Waals surface area (Å²) in [5.41, 5.74) is 1.15. The first-order valence-corrected chi connectivity index (χ1v) is 5.25. The van der Waals surface area contributed by atoms with Crippen LogP contribution in [0, 0.1) is 0 Å². The molecule has 0 bridgehead atoms. The maximum absolute atomic E-state index is 12.9. The first-order valence-electron chi connectivity index (χ1n) is 4.87. The summed E-state index contributed by atoms with van der Waals surface area (Å²) in [6, 6.07) is 7.69. The molecule has 1 aliphatic carbocycles. The predicted molar refractivity (Wildman–Crippen MR) is 56.2 cm³/mol. The molecule has 0 spiro atoms. The van der Waals surface area contributed by atoms with Crippen molar-refractivity contribution in [3.05, 3.63) is 34.9 Å². The average Bonchev–Trinajstić information content (AvgIpc) is 2.19. The van der Waals surface area contributed by atoms with E-state index in [-0.39, 0.29) is 6.04 Å². The van der Waals surface area contributed by atoms with Crippen molar-refractivity contribution in [3.63, 3.8) is 0 Å². The van der Waals surface area contributed by atoms with Crippen LogP contribution in [-0.2, 0) is 6.54 Å². The Balaban J connectivity index is 1.83. The molecule has 1 aromatic carbocycles. The molecule has 0 heterocycles. The van der Waals surface area contributed by atoms with Gasteiger partial charge in [-0.15, -0.1) is 0 Å². The summed E-state index contributed by atoms with van der Waals surface area (Å²) in [7, 11) is 0. The third-order valence-electron chi connectivity index (χ3n) is 2.67. The van der Waals surface area contributed by atoms with Gasteiger partial charge >= 0.3 is 0 Å². The second-order valence-electron chi connectivity index (χ2n) is 3.71. The Bertz CT molecular complexity index is 299. The quantitative estimate of drug-likeness (QED) is 0.814. The molecule has 0 saturated heterocycles. The summed E-state index contributed by atoms with van der Waals surface area (Å²) in [6.07, 6.45) is 1.01. The lowest BCUT2D eigenvalue weighted by Crippen LogP contribution is -2.44. The molecule has 1 aliphatic rings. The van der Waals surface area contributed by atoms with Gasteiger partial charge in [0.25, 0.3) is 0 Å². The Hall–Kier alpha value is -0.600. The largest absolute Gasteiger partial charge is 0.307 e. The van der Waals surface area contributed by atoms with Crippen LogP contribution in [0.5, 0.6) is 0 Å². The zero-order valence-corrected chi connectivity index (χ0v) is 8.60. The van der Waals surface area contributed by atoms with Crippen molar-refractivity contribution in [1.29, 1.82) is 0 Å². The number of halogens is 2. The molecule has 3 heteroatoms. The normalized spacial score (nSPS) is 25.9. The number of hydrogen-bond donors (Lipinski definition) is 1. The van der Waals surface area contributed by atoms with E-state index in [0.29, 0.717) is 6.42 Å². The molecular weight excluding hydrogens is 201 g/mol. The first kappa shape index (κ1) is 9.94. The van der Waals surface area contributed by atoms with Crippen molar-refractivity contribution in [2.45, 2.75) is 31.6 Å². The van der Waals surface area contributed by atoms with Crippen LogP contribution in [0.15, 0.2) is 24.3 Å². The van der Waals surface area contributed by atoms with Crippen LogP contribution in [0.1, 0.15) is 18.4 Å². The van der Waals surface area contributed by atoms with Crippen molar-refractivity contribution in [2.75, 3.05) is 0 Å². The fourth-order valence-corrected chi connectivity index (χ4v) is 1.67. The molecule has 1 N–H and O–H groups in total. The highest BCUT2D eigenvalue weighted by molar-refractivity contribution is 6.30. The van der Waals surface area contributed by atoms with E-state index >= 15 is 0 Å². The van der Waals surface area contributed by atoms with Crippen molar-refractivity contribution < 1.29 is 4.39 Å². The van der Waals surface area contributed by atoms with Crippen LogP contribution in [0.3, 0.4) is 0 Å². The molecule has 1 saturated carbocycles. The van der Waals surface area contributed by atoms with E-state index < -0.39 is 6.17 Å². The van der Waals surface area contributed by atoms with E-state index in [1.54, 1.807) is 0 Å². The van der Waals surface area contributed by atoms with Crippen molar-refractivity contribution >= 4 is 11.6 Å². The monoisotopic (exact) mass is 213 g/mol. The van der Waals surface area contributed by atoms with E-state index in [4.69, 9.17) is 11.6 Å². The average molecular weight is 214 g/mol. The molecule has 2 unspecified atom stereocenters. The van der Waals surface area contributed by atoms with Gasteiger partial charge in [0.15, 0.2) is 0 Å². The van der Waals surface area contributed by atoms with Crippen LogP contribution >= 0.6 is 11.6 Å². The smallest absolute Gasteiger partial charge is 0.115 e. The minimum atomic E-state index is -0.651. The number of hydrogen-bond acceptors (Lipinski definition) is 1. The Morgan fingerprint density at radius 3 is 2.50 bits per heavy atom. The fourth-order valence-electron chi connectivity index (χ4n) is 1.54. The minimum absolute atomic E-state index is 0.0608. The molecule has 0 aromatic heterocycles. The molecule has 2 atom stereocenters. The summed E-state index contributed by atoms with van der Waals surface area (Å²) in [5.74, 6) is 0. The standard InChI is InChI=1S/C11H13ClFN/c12-9-3-1-8(2-4-9)7-14-11-6-5-10(11)13/h1-4,10-11,14H,5-7H2. The molecule has 1 nitrogen and oxygen atoms in total. The van der Waals surface area contributed by atoms with Gasteiger partial charge < -0.3 is 5.32 Å². The molecule has 1 fully saturated rings. The van der Waals surface area contributed by atoms with Gasteiger partial charge in [0.05, 0.1) is 0 Å². The molecule has 2 rings (SSSR count). The lowest BCUT2D eigenvalue weighted by molar-refractivity contribution is 0.141. The first-order chi connectivity index (χ1) is 6.75. The number of nitrogens with one attached hydrogen (secondary N) is 1. The van der Waals surface area contributed by atoms with E-state index in [9.17, 15) is 4.39 Å². The molecule has 0 aliphatic heterocycles. The van der Waals surface area contributed by atoms with Crippen LogP contribution in [0.2, 0.25) is 5.02 Å². The molecule has 76 valence electrons. The fraction of sp³-hybridized carbons (Fsp3) is 0.455. The van der Waals surface area contributed by atoms with Crippen molar-refractivity contribution in [1.82, 2.24) is 5.32 Å². The third-order valence-corrected chi connectivity index (χ3v) is 2.92. The third kappa shape index (κ3) is 2.25. The van der Waals surface area contributed by atoms with Crippen LogP contribution in [-0.4, -0.2) is 12.2 Å². The van der Waals surface area contributed by atoms with Gasteiger partial charge in [-0.25, -0.2) is 4.39 Å². The second-order valence-corrected chi connectivity index (χ2v) is 4.14. The minimum Gasteiger partial charge on any atom is -0.307 e. The van der Waals surface area contributed by atoms with E-state index in [1.165, 1.54) is 0 Å². The van der Waals surface area contributed by atoms with E-state index in [0.717, 1.165) is 23.6 Å². The lowest BCUT2D eigenvalue weighted by Gasteiger charge is -2.31. The van der Waals surface area contributed by atoms with Crippen LogP contribution < -0.4 is 5.32 Å². The second kappa shape index (κ2) is 4.28. The molecular formula is C11H13ClFN. The Morgan fingerprint density at radius 1 is 1.29 bits per heavy atom. The Kier molecular flexibility index (Phi) is 3.04. The van der Waals surface area contributed by atoms with Crippen molar-refractivity contribution in [3.8, 4) is 0 Å². The van der Waals surface area contributed by atoms with Gasteiger partial charge in [-0.2, -0.15) is 0 Å². The molecule has 0 amide bonds. The summed E-state index contributed by atoms with van der Waals surface area (Å²) in [6.45, 7) is 0.724. The van der Waals surface area contributed by atoms with Crippen LogP contribution in [0.25, 0.3) is 0 Å². The Morgan fingerprint density at radius 2 is 2.00 bits per heavy atom. The maximum Gasteiger partial charge on any atom is 0.115 e. The molecule has 0 radical (unpaired) electrons. The van der Waals surface area contributed by atoms with Gasteiger partial charge in [0.1, 0.15) is 6.17 Å². The number of rotatable bonds is 3. The summed E-state index contributed by atoms with van der Waals surface area (Å²) in [5, 5.41) is 3.92. The highest BCUT2D eigenvalue weighted by atomic mass is 35.5. The summed E-state index contributed by atoms with van der Waals surface area (Å²) >= 11 is 5.76. The molecule has 14 heavy (non-hydrogen) atoms. The van der Waals surface area contributed by atoms with Gasteiger partial charge in [0, 0.05) is 17.6 Å². The zero-order chi connectivity index (χ0) is 9.97. The van der Waals surface area contributed by atoms with E-state index in [2.05, 4.69) is 5.32 Å². The van der Waals surface area contributed by atoms with Crippen LogP contribution in [0.4, 0.5) is 4.39 Å². The van der Waals surface area contributed by atoms with E-state index in [1.807, 2.05) is 24.3 Å². The Labute approximate surface area is 88.3 Å². The SMILES string of the molecule is FC1CCC1NCc1ccc(Cl)cc1. The van der Waals surface area contributed by atoms with Gasteiger partial charge in [0.2, 0.25) is 0 Å². The highest BCUT2D eigenvalue weighted by Crippen LogP contribution is 2.23. The van der Waals surface area contributed by atoms with Gasteiger partial charge in [-0.1, -0.05) is 23.7 Å². The summed E-state index contributed by atoms with van der Waals surface area (Å²) < 4.78 is 12.9.